The minimum absolute atomic E-state index is 0.00807. The molecule has 0 atom stereocenters. The van der Waals surface area contributed by atoms with Gasteiger partial charge >= 0.3 is 5.97 Å². The van der Waals surface area contributed by atoms with E-state index >= 15 is 0 Å². The number of ether oxygens (including phenoxy) is 1. The van der Waals surface area contributed by atoms with E-state index in [9.17, 15) is 9.59 Å². The van der Waals surface area contributed by atoms with Gasteiger partial charge in [-0.25, -0.2) is 4.79 Å². The zero-order chi connectivity index (χ0) is 15.6. The first-order valence-electron chi connectivity index (χ1n) is 6.53. The summed E-state index contributed by atoms with van der Waals surface area (Å²) < 4.78 is 10.4. The summed E-state index contributed by atoms with van der Waals surface area (Å²) in [7, 11) is 0. The zero-order valence-electron chi connectivity index (χ0n) is 12.0. The number of carbonyl (C=O) groups is 2. The van der Waals surface area contributed by atoms with Crippen LogP contribution >= 0.6 is 11.6 Å². The Morgan fingerprint density at radius 1 is 1.38 bits per heavy atom. The highest BCUT2D eigenvalue weighted by Crippen LogP contribution is 2.28. The Morgan fingerprint density at radius 2 is 2.10 bits per heavy atom. The summed E-state index contributed by atoms with van der Waals surface area (Å²) in [6, 6.07) is 5.08. The molecule has 5 nitrogen and oxygen atoms in total. The van der Waals surface area contributed by atoms with E-state index in [1.807, 2.05) is 13.8 Å². The molecule has 112 valence electrons. The summed E-state index contributed by atoms with van der Waals surface area (Å²) in [6.07, 6.45) is 0. The molecule has 0 fully saturated rings. The molecule has 21 heavy (non-hydrogen) atoms. The topological polar surface area (TPSA) is 68.5 Å². The van der Waals surface area contributed by atoms with Gasteiger partial charge in [0.2, 0.25) is 5.76 Å². The van der Waals surface area contributed by atoms with Gasteiger partial charge in [-0.15, -0.1) is 0 Å². The lowest BCUT2D eigenvalue weighted by Gasteiger charge is -2.08. The van der Waals surface area contributed by atoms with Crippen LogP contribution in [0.5, 0.6) is 0 Å². The number of fused-ring (bicyclic) bond motifs is 1. The number of nitrogens with one attached hydrogen (secondary N) is 1. The molecule has 0 unspecified atom stereocenters. The average Bonchev–Trinajstić information content (AvgIpc) is 2.73. The third kappa shape index (κ3) is 3.55. The highest BCUT2D eigenvalue weighted by molar-refractivity contribution is 6.31. The molecule has 0 saturated heterocycles. The quantitative estimate of drug-likeness (QED) is 0.881. The predicted molar refractivity (Wildman–Crippen MR) is 79.5 cm³/mol. The molecule has 0 bridgehead atoms. The predicted octanol–water partition coefficient (Wildman–Crippen LogP) is 3.08. The molecule has 2 aromatic rings. The Labute approximate surface area is 127 Å². The van der Waals surface area contributed by atoms with Gasteiger partial charge in [0.15, 0.2) is 6.61 Å². The SMILES string of the molecule is Cc1c(C(=O)OCC(=O)NC(C)C)oc2ccc(Cl)cc12. The van der Waals surface area contributed by atoms with Crippen LogP contribution in [0.2, 0.25) is 5.02 Å². The fraction of sp³-hybridized carbons (Fsp3) is 0.333. The van der Waals surface area contributed by atoms with Crippen LogP contribution in [0, 0.1) is 6.92 Å². The second kappa shape index (κ2) is 6.18. The number of carbonyl (C=O) groups excluding carboxylic acids is 2. The van der Waals surface area contributed by atoms with E-state index in [4.69, 9.17) is 20.8 Å². The molecule has 1 amide bonds. The minimum Gasteiger partial charge on any atom is -0.450 e. The first-order chi connectivity index (χ1) is 9.88. The van der Waals surface area contributed by atoms with Crippen LogP contribution in [-0.2, 0) is 9.53 Å². The number of aryl methyl sites for hydroxylation is 1. The Morgan fingerprint density at radius 3 is 2.76 bits per heavy atom. The molecule has 1 N–H and O–H groups in total. The first-order valence-corrected chi connectivity index (χ1v) is 6.91. The van der Waals surface area contributed by atoms with Gasteiger partial charge < -0.3 is 14.5 Å². The maximum absolute atomic E-state index is 12.0. The molecule has 6 heteroatoms. The van der Waals surface area contributed by atoms with Crippen molar-refractivity contribution in [3.8, 4) is 0 Å². The summed E-state index contributed by atoms with van der Waals surface area (Å²) in [5.74, 6) is -0.932. The fourth-order valence-corrected chi connectivity index (χ4v) is 2.12. The normalized spacial score (nSPS) is 10.9. The van der Waals surface area contributed by atoms with Crippen LogP contribution in [0.25, 0.3) is 11.0 Å². The minimum atomic E-state index is -0.668. The number of furan rings is 1. The van der Waals surface area contributed by atoms with E-state index in [-0.39, 0.29) is 24.3 Å². The van der Waals surface area contributed by atoms with Crippen molar-refractivity contribution in [2.45, 2.75) is 26.8 Å². The van der Waals surface area contributed by atoms with E-state index in [0.717, 1.165) is 5.39 Å². The van der Waals surface area contributed by atoms with Crippen molar-refractivity contribution in [3.63, 3.8) is 0 Å². The second-order valence-electron chi connectivity index (χ2n) is 5.00. The van der Waals surface area contributed by atoms with Crippen molar-refractivity contribution in [2.75, 3.05) is 6.61 Å². The van der Waals surface area contributed by atoms with E-state index in [1.165, 1.54) is 0 Å². The van der Waals surface area contributed by atoms with Crippen LogP contribution in [0.4, 0.5) is 0 Å². The third-order valence-corrected chi connectivity index (χ3v) is 3.10. The highest BCUT2D eigenvalue weighted by Gasteiger charge is 2.20. The molecule has 2 rings (SSSR count). The molecule has 0 aliphatic heterocycles. The maximum atomic E-state index is 12.0. The summed E-state index contributed by atoms with van der Waals surface area (Å²) in [4.78, 5) is 23.4. The van der Waals surface area contributed by atoms with Crippen molar-refractivity contribution in [3.05, 3.63) is 34.5 Å². The number of benzene rings is 1. The largest absolute Gasteiger partial charge is 0.450 e. The lowest BCUT2D eigenvalue weighted by atomic mass is 10.1. The fourth-order valence-electron chi connectivity index (χ4n) is 1.95. The van der Waals surface area contributed by atoms with E-state index in [0.29, 0.717) is 16.2 Å². The number of rotatable bonds is 4. The van der Waals surface area contributed by atoms with Gasteiger partial charge in [0.05, 0.1) is 0 Å². The van der Waals surface area contributed by atoms with Crippen LogP contribution in [0.15, 0.2) is 22.6 Å². The maximum Gasteiger partial charge on any atom is 0.375 e. The first kappa shape index (κ1) is 15.4. The Hall–Kier alpha value is -2.01. The van der Waals surface area contributed by atoms with Crippen molar-refractivity contribution in [2.24, 2.45) is 0 Å². The van der Waals surface area contributed by atoms with E-state index < -0.39 is 5.97 Å². The molecule has 0 spiro atoms. The van der Waals surface area contributed by atoms with Crippen LogP contribution in [0.3, 0.4) is 0 Å². The molecule has 1 aromatic heterocycles. The molecule has 0 aliphatic rings. The number of amides is 1. The molecular weight excluding hydrogens is 294 g/mol. The Bertz CT molecular complexity index is 690. The summed E-state index contributed by atoms with van der Waals surface area (Å²) in [5.41, 5.74) is 1.19. The van der Waals surface area contributed by atoms with Gasteiger partial charge in [0.25, 0.3) is 5.91 Å². The highest BCUT2D eigenvalue weighted by atomic mass is 35.5. The smallest absolute Gasteiger partial charge is 0.375 e. The Kier molecular flexibility index (Phi) is 4.53. The van der Waals surface area contributed by atoms with Gasteiger partial charge in [-0.05, 0) is 39.0 Å². The van der Waals surface area contributed by atoms with Crippen LogP contribution in [-0.4, -0.2) is 24.5 Å². The van der Waals surface area contributed by atoms with Crippen molar-refractivity contribution in [1.82, 2.24) is 5.32 Å². The van der Waals surface area contributed by atoms with Gasteiger partial charge in [-0.3, -0.25) is 4.79 Å². The number of hydrogen-bond donors (Lipinski definition) is 1. The summed E-state index contributed by atoms with van der Waals surface area (Å²) >= 11 is 5.92. The third-order valence-electron chi connectivity index (χ3n) is 2.87. The zero-order valence-corrected chi connectivity index (χ0v) is 12.8. The molecule has 0 saturated carbocycles. The van der Waals surface area contributed by atoms with Crippen molar-refractivity contribution >= 4 is 34.4 Å². The molecular formula is C15H16ClNO4. The lowest BCUT2D eigenvalue weighted by Crippen LogP contribution is -2.34. The average molecular weight is 310 g/mol. The van der Waals surface area contributed by atoms with Gasteiger partial charge in [-0.1, -0.05) is 11.6 Å². The lowest BCUT2D eigenvalue weighted by molar-refractivity contribution is -0.124. The Balaban J connectivity index is 2.13. The van der Waals surface area contributed by atoms with Crippen LogP contribution in [0.1, 0.15) is 30.0 Å². The van der Waals surface area contributed by atoms with Gasteiger partial charge in [0.1, 0.15) is 5.58 Å². The molecule has 0 radical (unpaired) electrons. The number of hydrogen-bond acceptors (Lipinski definition) is 4. The monoisotopic (exact) mass is 309 g/mol. The van der Waals surface area contributed by atoms with Crippen LogP contribution < -0.4 is 5.32 Å². The van der Waals surface area contributed by atoms with E-state index in [1.54, 1.807) is 25.1 Å². The standard InChI is InChI=1S/C15H16ClNO4/c1-8(2)17-13(18)7-20-15(19)14-9(3)11-6-10(16)4-5-12(11)21-14/h4-6,8H,7H2,1-3H3,(H,17,18). The second-order valence-corrected chi connectivity index (χ2v) is 5.43. The van der Waals surface area contributed by atoms with E-state index in [2.05, 4.69) is 5.32 Å². The molecule has 1 aromatic carbocycles. The number of esters is 1. The summed E-state index contributed by atoms with van der Waals surface area (Å²) in [5, 5.41) is 3.94. The number of halogens is 1. The van der Waals surface area contributed by atoms with Gasteiger partial charge in [-0.2, -0.15) is 0 Å². The van der Waals surface area contributed by atoms with Crippen molar-refractivity contribution < 1.29 is 18.7 Å². The van der Waals surface area contributed by atoms with Gasteiger partial charge in [0, 0.05) is 22.0 Å². The molecule has 1 heterocycles. The summed E-state index contributed by atoms with van der Waals surface area (Å²) in [6.45, 7) is 5.06. The van der Waals surface area contributed by atoms with Crippen molar-refractivity contribution in [1.29, 1.82) is 0 Å². The molecule has 0 aliphatic carbocycles.